The first-order valence-electron chi connectivity index (χ1n) is 9.20. The maximum Gasteiger partial charge on any atom is 0.313 e. The zero-order valence-electron chi connectivity index (χ0n) is 16.4. The Morgan fingerprint density at radius 3 is 2.84 bits per heavy atom. The number of rotatable bonds is 9. The van der Waals surface area contributed by atoms with E-state index in [1.54, 1.807) is 18.2 Å². The van der Waals surface area contributed by atoms with Crippen molar-refractivity contribution in [3.05, 3.63) is 85.4 Å². The van der Waals surface area contributed by atoms with Crippen molar-refractivity contribution in [3.8, 4) is 11.5 Å². The summed E-state index contributed by atoms with van der Waals surface area (Å²) in [6.45, 7) is 2.46. The number of ether oxygens (including phenoxy) is 2. The molecule has 0 fully saturated rings. The third kappa shape index (κ3) is 6.10. The third-order valence-electron chi connectivity index (χ3n) is 3.97. The molecule has 3 aromatic rings. The number of anilines is 1. The van der Waals surface area contributed by atoms with Crippen molar-refractivity contribution >= 4 is 40.3 Å². The smallest absolute Gasteiger partial charge is 0.313 e. The Hall–Kier alpha value is -3.28. The van der Waals surface area contributed by atoms with Crippen molar-refractivity contribution in [2.75, 3.05) is 12.0 Å². The first kappa shape index (κ1) is 22.4. The van der Waals surface area contributed by atoms with Crippen LogP contribution in [0.25, 0.3) is 0 Å². The number of halogens is 2. The van der Waals surface area contributed by atoms with Crippen molar-refractivity contribution in [2.45, 2.75) is 13.5 Å². The lowest BCUT2D eigenvalue weighted by molar-refractivity contribution is -0.384. The summed E-state index contributed by atoms with van der Waals surface area (Å²) in [5.74, 6) is 0.764. The summed E-state index contributed by atoms with van der Waals surface area (Å²) in [6, 6.07) is 12.6. The zero-order chi connectivity index (χ0) is 22.2. The molecular formula is C21H18FIN4O4. The normalized spacial score (nSPS) is 10.8. The number of pyridine rings is 1. The monoisotopic (exact) mass is 536 g/mol. The van der Waals surface area contributed by atoms with Crippen LogP contribution in [0.4, 0.5) is 15.9 Å². The van der Waals surface area contributed by atoms with Gasteiger partial charge >= 0.3 is 5.69 Å². The maximum atomic E-state index is 13.4. The van der Waals surface area contributed by atoms with Crippen LogP contribution in [0.3, 0.4) is 0 Å². The van der Waals surface area contributed by atoms with Crippen LogP contribution in [-0.4, -0.2) is 22.7 Å². The van der Waals surface area contributed by atoms with E-state index in [-0.39, 0.29) is 23.9 Å². The van der Waals surface area contributed by atoms with Crippen molar-refractivity contribution in [1.82, 2.24) is 4.98 Å². The molecule has 0 aliphatic heterocycles. The van der Waals surface area contributed by atoms with Gasteiger partial charge in [0.05, 0.1) is 21.3 Å². The van der Waals surface area contributed by atoms with Gasteiger partial charge in [0, 0.05) is 12.3 Å². The number of benzene rings is 2. The SMILES string of the molecule is CCOc1cc(/C=N\Nc2ncccc2[N+](=O)[O-])cc(I)c1OCc1cccc(F)c1. The van der Waals surface area contributed by atoms with E-state index < -0.39 is 4.92 Å². The molecule has 8 nitrogen and oxygen atoms in total. The molecule has 160 valence electrons. The van der Waals surface area contributed by atoms with E-state index in [9.17, 15) is 14.5 Å². The van der Waals surface area contributed by atoms with Gasteiger partial charge in [-0.05, 0) is 71.0 Å². The number of hydrazone groups is 1. The van der Waals surface area contributed by atoms with Crippen LogP contribution in [-0.2, 0) is 6.61 Å². The molecule has 1 heterocycles. The first-order valence-corrected chi connectivity index (χ1v) is 10.3. The molecule has 31 heavy (non-hydrogen) atoms. The number of hydrogen-bond donors (Lipinski definition) is 1. The molecule has 0 aliphatic rings. The molecule has 0 bridgehead atoms. The van der Waals surface area contributed by atoms with Crippen LogP contribution >= 0.6 is 22.6 Å². The third-order valence-corrected chi connectivity index (χ3v) is 4.77. The number of hydrogen-bond acceptors (Lipinski definition) is 7. The fraction of sp³-hybridized carbons (Fsp3) is 0.143. The molecule has 2 aromatic carbocycles. The Labute approximate surface area is 191 Å². The quantitative estimate of drug-likeness (QED) is 0.176. The molecule has 0 unspecified atom stereocenters. The van der Waals surface area contributed by atoms with Gasteiger partial charge in [-0.3, -0.25) is 15.5 Å². The lowest BCUT2D eigenvalue weighted by Gasteiger charge is -2.14. The van der Waals surface area contributed by atoms with Crippen molar-refractivity contribution in [1.29, 1.82) is 0 Å². The molecule has 3 rings (SSSR count). The Morgan fingerprint density at radius 2 is 2.10 bits per heavy atom. The molecule has 1 aromatic heterocycles. The summed E-state index contributed by atoms with van der Waals surface area (Å²) in [5.41, 5.74) is 3.80. The second-order valence-corrected chi connectivity index (χ2v) is 7.34. The molecular weight excluding hydrogens is 518 g/mol. The highest BCUT2D eigenvalue weighted by Crippen LogP contribution is 2.34. The summed E-state index contributed by atoms with van der Waals surface area (Å²) in [7, 11) is 0. The largest absolute Gasteiger partial charge is 0.490 e. The average Bonchev–Trinajstić information content (AvgIpc) is 2.74. The number of aromatic nitrogens is 1. The average molecular weight is 536 g/mol. The molecule has 0 saturated heterocycles. The Bertz CT molecular complexity index is 1110. The second kappa shape index (κ2) is 10.7. The first-order chi connectivity index (χ1) is 15.0. The van der Waals surface area contributed by atoms with Gasteiger partial charge in [0.15, 0.2) is 11.5 Å². The van der Waals surface area contributed by atoms with Crippen LogP contribution in [0, 0.1) is 19.5 Å². The van der Waals surface area contributed by atoms with Crippen molar-refractivity contribution < 1.29 is 18.8 Å². The van der Waals surface area contributed by atoms with Crippen LogP contribution in [0.2, 0.25) is 0 Å². The van der Waals surface area contributed by atoms with Gasteiger partial charge in [-0.2, -0.15) is 5.10 Å². The summed E-state index contributed by atoms with van der Waals surface area (Å²) in [5, 5.41) is 15.1. The van der Waals surface area contributed by atoms with E-state index in [4.69, 9.17) is 9.47 Å². The molecule has 0 saturated carbocycles. The van der Waals surface area contributed by atoms with Gasteiger partial charge in [-0.1, -0.05) is 12.1 Å². The molecule has 10 heteroatoms. The van der Waals surface area contributed by atoms with E-state index >= 15 is 0 Å². The molecule has 0 spiro atoms. The summed E-state index contributed by atoms with van der Waals surface area (Å²) < 4.78 is 25.7. The van der Waals surface area contributed by atoms with Gasteiger partial charge in [-0.15, -0.1) is 0 Å². The van der Waals surface area contributed by atoms with Crippen molar-refractivity contribution in [2.24, 2.45) is 5.10 Å². The summed E-state index contributed by atoms with van der Waals surface area (Å²) in [6.07, 6.45) is 2.94. The number of nitro groups is 1. The lowest BCUT2D eigenvalue weighted by atomic mass is 10.2. The molecule has 1 N–H and O–H groups in total. The van der Waals surface area contributed by atoms with Gasteiger partial charge < -0.3 is 9.47 Å². The van der Waals surface area contributed by atoms with Crippen LogP contribution < -0.4 is 14.9 Å². The minimum Gasteiger partial charge on any atom is -0.490 e. The minimum atomic E-state index is -0.536. The highest BCUT2D eigenvalue weighted by Gasteiger charge is 2.14. The van der Waals surface area contributed by atoms with E-state index in [1.807, 2.05) is 13.0 Å². The predicted molar refractivity (Wildman–Crippen MR) is 123 cm³/mol. The Morgan fingerprint density at radius 1 is 1.26 bits per heavy atom. The predicted octanol–water partition coefficient (Wildman–Crippen LogP) is 5.16. The van der Waals surface area contributed by atoms with E-state index in [0.717, 1.165) is 3.57 Å². The number of nitrogens with one attached hydrogen (secondary N) is 1. The van der Waals surface area contributed by atoms with Crippen molar-refractivity contribution in [3.63, 3.8) is 0 Å². The number of nitrogens with zero attached hydrogens (tertiary/aromatic N) is 3. The van der Waals surface area contributed by atoms with Crippen LogP contribution in [0.5, 0.6) is 11.5 Å². The minimum absolute atomic E-state index is 0.0403. The highest BCUT2D eigenvalue weighted by molar-refractivity contribution is 14.1. The fourth-order valence-electron chi connectivity index (χ4n) is 2.65. The Balaban J connectivity index is 1.78. The van der Waals surface area contributed by atoms with Gasteiger partial charge in [-0.25, -0.2) is 9.37 Å². The molecule has 0 radical (unpaired) electrons. The van der Waals surface area contributed by atoms with E-state index in [2.05, 4.69) is 38.1 Å². The second-order valence-electron chi connectivity index (χ2n) is 6.18. The summed E-state index contributed by atoms with van der Waals surface area (Å²) >= 11 is 2.12. The zero-order valence-corrected chi connectivity index (χ0v) is 18.6. The van der Waals surface area contributed by atoms with Gasteiger partial charge in [0.1, 0.15) is 12.4 Å². The standard InChI is InChI=1S/C21H18FIN4O4/c1-2-30-19-11-15(12-25-26-21-18(27(28)29)7-4-8-24-21)10-17(23)20(19)31-13-14-5-3-6-16(22)9-14/h3-12H,2,13H2,1H3,(H,24,26)/b25-12-. The lowest BCUT2D eigenvalue weighted by Crippen LogP contribution is -2.03. The van der Waals surface area contributed by atoms with Crippen LogP contribution in [0.1, 0.15) is 18.1 Å². The topological polar surface area (TPSA) is 98.9 Å². The van der Waals surface area contributed by atoms with Crippen LogP contribution in [0.15, 0.2) is 59.8 Å². The highest BCUT2D eigenvalue weighted by atomic mass is 127. The summed E-state index contributed by atoms with van der Waals surface area (Å²) in [4.78, 5) is 14.5. The van der Waals surface area contributed by atoms with E-state index in [1.165, 1.54) is 36.7 Å². The van der Waals surface area contributed by atoms with Gasteiger partial charge in [0.25, 0.3) is 0 Å². The Kier molecular flexibility index (Phi) is 7.70. The molecule has 0 atom stereocenters. The molecule has 0 amide bonds. The fourth-order valence-corrected chi connectivity index (χ4v) is 3.43. The maximum absolute atomic E-state index is 13.4. The van der Waals surface area contributed by atoms with Gasteiger partial charge in [0.2, 0.25) is 5.82 Å². The molecule has 0 aliphatic carbocycles. The van der Waals surface area contributed by atoms with E-state index in [0.29, 0.717) is 29.2 Å².